The highest BCUT2D eigenvalue weighted by Crippen LogP contribution is 2.14. The van der Waals surface area contributed by atoms with Crippen LogP contribution in [0.1, 0.15) is 19.4 Å². The van der Waals surface area contributed by atoms with Crippen molar-refractivity contribution >= 4 is 10.0 Å². The number of sulfonamides is 1. The minimum absolute atomic E-state index is 0.261. The first kappa shape index (κ1) is 16.1. The molecule has 1 aromatic carbocycles. The Labute approximate surface area is 115 Å². The van der Waals surface area contributed by atoms with E-state index in [-0.39, 0.29) is 4.90 Å². The lowest BCUT2D eigenvalue weighted by Crippen LogP contribution is -2.46. The first-order chi connectivity index (χ1) is 8.80. The van der Waals surface area contributed by atoms with Gasteiger partial charge in [-0.15, -0.1) is 0 Å². The molecule has 0 saturated heterocycles. The van der Waals surface area contributed by atoms with Gasteiger partial charge in [-0.3, -0.25) is 0 Å². The van der Waals surface area contributed by atoms with Crippen LogP contribution in [0.2, 0.25) is 0 Å². The lowest BCUT2D eigenvalue weighted by molar-refractivity contribution is 0.141. The fourth-order valence-corrected chi connectivity index (χ4v) is 3.20. The van der Waals surface area contributed by atoms with Crippen molar-refractivity contribution < 1.29 is 13.2 Å². The van der Waals surface area contributed by atoms with Crippen LogP contribution in [-0.4, -0.2) is 34.7 Å². The van der Waals surface area contributed by atoms with Gasteiger partial charge >= 0.3 is 0 Å². The normalized spacial score (nSPS) is 12.6. The minimum atomic E-state index is -3.52. The molecule has 0 radical (unpaired) electrons. The number of hydrogen-bond donors (Lipinski definition) is 2. The number of nitrogens with one attached hydrogen (secondary N) is 2. The van der Waals surface area contributed by atoms with E-state index in [0.717, 1.165) is 5.56 Å². The molecule has 2 N–H and O–H groups in total. The third-order valence-corrected chi connectivity index (χ3v) is 4.24. The first-order valence-corrected chi connectivity index (χ1v) is 7.55. The van der Waals surface area contributed by atoms with Crippen molar-refractivity contribution in [3.8, 4) is 0 Å². The fourth-order valence-electron chi connectivity index (χ4n) is 1.80. The highest BCUT2D eigenvalue weighted by molar-refractivity contribution is 7.89. The van der Waals surface area contributed by atoms with Gasteiger partial charge in [0.05, 0.1) is 17.0 Å². The van der Waals surface area contributed by atoms with Gasteiger partial charge in [-0.05, 0) is 38.6 Å². The predicted molar refractivity (Wildman–Crippen MR) is 75.5 cm³/mol. The number of benzene rings is 1. The molecule has 0 fully saturated rings. The summed E-state index contributed by atoms with van der Waals surface area (Å²) < 4.78 is 32.1. The summed E-state index contributed by atoms with van der Waals surface area (Å²) in [5.41, 5.74) is 0.398. The van der Waals surface area contributed by atoms with Gasteiger partial charge in [0.2, 0.25) is 10.0 Å². The van der Waals surface area contributed by atoms with Gasteiger partial charge < -0.3 is 10.1 Å². The highest BCUT2D eigenvalue weighted by atomic mass is 32.2. The Kier molecular flexibility index (Phi) is 5.49. The van der Waals surface area contributed by atoms with Crippen molar-refractivity contribution in [1.29, 1.82) is 0 Å². The molecule has 108 valence electrons. The maximum atomic E-state index is 12.2. The maximum Gasteiger partial charge on any atom is 0.241 e. The van der Waals surface area contributed by atoms with Gasteiger partial charge in [-0.25, -0.2) is 13.1 Å². The molecule has 0 aliphatic carbocycles. The SMILES string of the molecule is CNCc1ccc(S(=O)(=O)NC(C)(C)COC)cc1. The van der Waals surface area contributed by atoms with Crippen LogP contribution >= 0.6 is 0 Å². The molecule has 0 saturated carbocycles. The van der Waals surface area contributed by atoms with Crippen LogP contribution in [0.5, 0.6) is 0 Å². The second-order valence-corrected chi connectivity index (χ2v) is 6.78. The summed E-state index contributed by atoms with van der Waals surface area (Å²) in [5, 5.41) is 3.02. The molecule has 1 rings (SSSR count). The summed E-state index contributed by atoms with van der Waals surface area (Å²) in [6.07, 6.45) is 0. The van der Waals surface area contributed by atoms with Gasteiger partial charge in [-0.1, -0.05) is 12.1 Å². The number of rotatable bonds is 7. The summed E-state index contributed by atoms with van der Waals surface area (Å²) in [4.78, 5) is 0.261. The molecule has 19 heavy (non-hydrogen) atoms. The third kappa shape index (κ3) is 4.91. The molecule has 0 heterocycles. The highest BCUT2D eigenvalue weighted by Gasteiger charge is 2.26. The molecule has 0 atom stereocenters. The number of ether oxygens (including phenoxy) is 1. The molecule has 1 aromatic rings. The second kappa shape index (κ2) is 6.47. The fraction of sp³-hybridized carbons (Fsp3) is 0.538. The van der Waals surface area contributed by atoms with E-state index in [0.29, 0.717) is 13.2 Å². The summed E-state index contributed by atoms with van der Waals surface area (Å²) in [6.45, 7) is 4.58. The number of methoxy groups -OCH3 is 1. The smallest absolute Gasteiger partial charge is 0.241 e. The lowest BCUT2D eigenvalue weighted by Gasteiger charge is -2.24. The Balaban J connectivity index is 2.88. The predicted octanol–water partition coefficient (Wildman–Crippen LogP) is 1.11. The molecule has 0 aliphatic heterocycles. The van der Waals surface area contributed by atoms with Crippen LogP contribution in [0.25, 0.3) is 0 Å². The van der Waals surface area contributed by atoms with Crippen LogP contribution < -0.4 is 10.0 Å². The monoisotopic (exact) mass is 286 g/mol. The van der Waals surface area contributed by atoms with Crippen LogP contribution in [0.4, 0.5) is 0 Å². The largest absolute Gasteiger partial charge is 0.383 e. The van der Waals surface area contributed by atoms with Crippen molar-refractivity contribution in [2.24, 2.45) is 0 Å². The van der Waals surface area contributed by atoms with E-state index in [1.807, 2.05) is 7.05 Å². The number of hydrogen-bond acceptors (Lipinski definition) is 4. The van der Waals surface area contributed by atoms with E-state index in [4.69, 9.17) is 4.74 Å². The quantitative estimate of drug-likeness (QED) is 0.788. The van der Waals surface area contributed by atoms with Crippen LogP contribution in [0.3, 0.4) is 0 Å². The average molecular weight is 286 g/mol. The molecular weight excluding hydrogens is 264 g/mol. The van der Waals surface area contributed by atoms with Crippen molar-refractivity contribution in [2.75, 3.05) is 20.8 Å². The topological polar surface area (TPSA) is 67.4 Å². The molecular formula is C13H22N2O3S. The summed E-state index contributed by atoms with van der Waals surface area (Å²) in [6, 6.07) is 6.82. The molecule has 5 nitrogen and oxygen atoms in total. The van der Waals surface area contributed by atoms with Crippen LogP contribution in [0.15, 0.2) is 29.2 Å². The summed E-state index contributed by atoms with van der Waals surface area (Å²) >= 11 is 0. The Morgan fingerprint density at radius 3 is 2.26 bits per heavy atom. The molecule has 0 spiro atoms. The van der Waals surface area contributed by atoms with E-state index in [2.05, 4.69) is 10.0 Å². The minimum Gasteiger partial charge on any atom is -0.383 e. The third-order valence-electron chi connectivity index (χ3n) is 2.53. The van der Waals surface area contributed by atoms with E-state index >= 15 is 0 Å². The molecule has 0 unspecified atom stereocenters. The molecule has 0 aromatic heterocycles. The van der Waals surface area contributed by atoms with Gasteiger partial charge in [0, 0.05) is 13.7 Å². The Hall–Kier alpha value is -0.950. The van der Waals surface area contributed by atoms with Crippen LogP contribution in [-0.2, 0) is 21.3 Å². The second-order valence-electron chi connectivity index (χ2n) is 5.10. The standard InChI is InChI=1S/C13H22N2O3S/c1-13(2,10-18-4)15-19(16,17)12-7-5-11(6-8-12)9-14-3/h5-8,14-15H,9-10H2,1-4H3. The molecule has 0 amide bonds. The van der Waals surface area contributed by atoms with Crippen molar-refractivity contribution in [3.05, 3.63) is 29.8 Å². The average Bonchev–Trinajstić information content (AvgIpc) is 2.28. The van der Waals surface area contributed by atoms with E-state index in [1.165, 1.54) is 0 Å². The molecule has 0 aliphatic rings. The van der Waals surface area contributed by atoms with Gasteiger partial charge in [0.25, 0.3) is 0 Å². The Bertz CT molecular complexity index is 495. The Morgan fingerprint density at radius 2 is 1.79 bits per heavy atom. The Morgan fingerprint density at radius 1 is 1.21 bits per heavy atom. The summed E-state index contributed by atoms with van der Waals surface area (Å²) in [7, 11) is -0.131. The maximum absolute atomic E-state index is 12.2. The van der Waals surface area contributed by atoms with Gasteiger partial charge in [0.1, 0.15) is 0 Å². The van der Waals surface area contributed by atoms with Crippen molar-refractivity contribution in [1.82, 2.24) is 10.0 Å². The zero-order valence-electron chi connectivity index (χ0n) is 11.9. The first-order valence-electron chi connectivity index (χ1n) is 6.07. The molecule has 6 heteroatoms. The van der Waals surface area contributed by atoms with E-state index in [1.54, 1.807) is 45.2 Å². The van der Waals surface area contributed by atoms with Gasteiger partial charge in [0.15, 0.2) is 0 Å². The van der Waals surface area contributed by atoms with Gasteiger partial charge in [-0.2, -0.15) is 0 Å². The summed E-state index contributed by atoms with van der Waals surface area (Å²) in [5.74, 6) is 0. The zero-order valence-corrected chi connectivity index (χ0v) is 12.7. The van der Waals surface area contributed by atoms with Crippen molar-refractivity contribution in [2.45, 2.75) is 30.8 Å². The molecule has 0 bridgehead atoms. The zero-order chi connectivity index (χ0) is 14.5. The van der Waals surface area contributed by atoms with E-state index in [9.17, 15) is 8.42 Å². The lowest BCUT2D eigenvalue weighted by atomic mass is 10.1. The van der Waals surface area contributed by atoms with Crippen LogP contribution in [0, 0.1) is 0 Å². The van der Waals surface area contributed by atoms with Crippen molar-refractivity contribution in [3.63, 3.8) is 0 Å². The van der Waals surface area contributed by atoms with E-state index < -0.39 is 15.6 Å².